The van der Waals surface area contributed by atoms with Crippen molar-refractivity contribution in [3.63, 3.8) is 0 Å². The summed E-state index contributed by atoms with van der Waals surface area (Å²) in [6, 6.07) is 22.6. The molecular formula is C27H27N3O4. The van der Waals surface area contributed by atoms with Crippen LogP contribution in [0.1, 0.15) is 28.8 Å². The molecule has 0 saturated carbocycles. The van der Waals surface area contributed by atoms with Gasteiger partial charge in [-0.25, -0.2) is 0 Å². The Hall–Kier alpha value is -3.97. The van der Waals surface area contributed by atoms with E-state index in [4.69, 9.17) is 0 Å². The Labute approximate surface area is 198 Å². The van der Waals surface area contributed by atoms with Crippen molar-refractivity contribution in [3.8, 4) is 5.75 Å². The second kappa shape index (κ2) is 10.8. The first-order valence-corrected chi connectivity index (χ1v) is 11.3. The number of amides is 2. The molecule has 1 aliphatic heterocycles. The molecule has 174 valence electrons. The van der Waals surface area contributed by atoms with Crippen molar-refractivity contribution in [1.29, 1.82) is 0 Å². The molecule has 2 amide bonds. The summed E-state index contributed by atoms with van der Waals surface area (Å²) < 4.78 is 0. The lowest BCUT2D eigenvalue weighted by Crippen LogP contribution is -2.41. The molecule has 4 rings (SSSR count). The van der Waals surface area contributed by atoms with Gasteiger partial charge in [0.15, 0.2) is 5.78 Å². The zero-order valence-electron chi connectivity index (χ0n) is 18.7. The molecule has 3 aromatic rings. The van der Waals surface area contributed by atoms with Gasteiger partial charge in [0, 0.05) is 17.0 Å². The summed E-state index contributed by atoms with van der Waals surface area (Å²) in [5, 5.41) is 15.5. The van der Waals surface area contributed by atoms with Crippen LogP contribution in [0.25, 0.3) is 0 Å². The van der Waals surface area contributed by atoms with E-state index in [2.05, 4.69) is 10.6 Å². The summed E-state index contributed by atoms with van der Waals surface area (Å²) in [7, 11) is 0. The second-order valence-electron chi connectivity index (χ2n) is 8.35. The number of rotatable bonds is 7. The number of piperidine rings is 1. The van der Waals surface area contributed by atoms with Crippen LogP contribution in [0.15, 0.2) is 78.9 Å². The van der Waals surface area contributed by atoms with Gasteiger partial charge in [0.05, 0.1) is 17.9 Å². The van der Waals surface area contributed by atoms with E-state index in [0.717, 1.165) is 0 Å². The van der Waals surface area contributed by atoms with Gasteiger partial charge in [0.2, 0.25) is 11.8 Å². The maximum absolute atomic E-state index is 12.9. The van der Waals surface area contributed by atoms with Crippen LogP contribution < -0.4 is 10.6 Å². The number of benzene rings is 3. The van der Waals surface area contributed by atoms with Crippen LogP contribution in [0.2, 0.25) is 0 Å². The molecule has 0 bridgehead atoms. The van der Waals surface area contributed by atoms with Gasteiger partial charge in [-0.3, -0.25) is 19.3 Å². The Morgan fingerprint density at radius 2 is 1.41 bits per heavy atom. The zero-order valence-corrected chi connectivity index (χ0v) is 18.7. The van der Waals surface area contributed by atoms with E-state index in [0.29, 0.717) is 48.4 Å². The maximum atomic E-state index is 12.9. The molecule has 3 N–H and O–H groups in total. The number of nitrogens with one attached hydrogen (secondary N) is 2. The van der Waals surface area contributed by atoms with Crippen LogP contribution >= 0.6 is 0 Å². The quantitative estimate of drug-likeness (QED) is 0.369. The molecule has 34 heavy (non-hydrogen) atoms. The number of para-hydroxylation sites is 3. The summed E-state index contributed by atoms with van der Waals surface area (Å²) >= 11 is 0. The minimum atomic E-state index is -0.203. The minimum absolute atomic E-state index is 0.0379. The number of phenols is 1. The molecule has 3 aromatic carbocycles. The van der Waals surface area contributed by atoms with E-state index in [1.807, 2.05) is 11.0 Å². The first-order valence-electron chi connectivity index (χ1n) is 11.3. The molecule has 1 saturated heterocycles. The SMILES string of the molecule is O=C(CN1CCC(C(=O)Nc2ccccc2O)CC1)Nc1ccccc1C(=O)c1ccccc1. The Balaban J connectivity index is 1.30. The van der Waals surface area contributed by atoms with E-state index in [9.17, 15) is 19.5 Å². The molecule has 1 heterocycles. The van der Waals surface area contributed by atoms with Gasteiger partial charge in [-0.05, 0) is 50.2 Å². The van der Waals surface area contributed by atoms with Crippen molar-refractivity contribution >= 4 is 29.0 Å². The van der Waals surface area contributed by atoms with Crippen molar-refractivity contribution < 1.29 is 19.5 Å². The number of carbonyl (C=O) groups excluding carboxylic acids is 3. The number of aromatic hydroxyl groups is 1. The lowest BCUT2D eigenvalue weighted by Gasteiger charge is -2.30. The highest BCUT2D eigenvalue weighted by molar-refractivity contribution is 6.13. The third-order valence-corrected chi connectivity index (χ3v) is 5.97. The Morgan fingerprint density at radius 3 is 2.12 bits per heavy atom. The third kappa shape index (κ3) is 5.68. The molecule has 0 radical (unpaired) electrons. The first kappa shape index (κ1) is 23.2. The third-order valence-electron chi connectivity index (χ3n) is 5.97. The number of hydrogen-bond acceptors (Lipinski definition) is 5. The lowest BCUT2D eigenvalue weighted by molar-refractivity contribution is -0.121. The van der Waals surface area contributed by atoms with Gasteiger partial charge in [-0.15, -0.1) is 0 Å². The number of ketones is 1. The van der Waals surface area contributed by atoms with E-state index >= 15 is 0 Å². The second-order valence-corrected chi connectivity index (χ2v) is 8.35. The molecule has 0 atom stereocenters. The van der Waals surface area contributed by atoms with E-state index in [1.54, 1.807) is 66.7 Å². The summed E-state index contributed by atoms with van der Waals surface area (Å²) in [6.07, 6.45) is 1.24. The summed E-state index contributed by atoms with van der Waals surface area (Å²) in [4.78, 5) is 40.1. The van der Waals surface area contributed by atoms with Crippen molar-refractivity contribution in [1.82, 2.24) is 4.90 Å². The van der Waals surface area contributed by atoms with Crippen LogP contribution in [0.4, 0.5) is 11.4 Å². The van der Waals surface area contributed by atoms with Gasteiger partial charge in [0.25, 0.3) is 0 Å². The number of nitrogens with zero attached hydrogens (tertiary/aromatic N) is 1. The largest absolute Gasteiger partial charge is 0.506 e. The topological polar surface area (TPSA) is 98.7 Å². The summed E-state index contributed by atoms with van der Waals surface area (Å²) in [5.41, 5.74) is 1.89. The van der Waals surface area contributed by atoms with Crippen molar-refractivity contribution in [3.05, 3.63) is 90.0 Å². The smallest absolute Gasteiger partial charge is 0.238 e. The predicted octanol–water partition coefficient (Wildman–Crippen LogP) is 3.91. The standard InChI is InChI=1S/C27H27N3O4/c31-24-13-7-6-12-23(24)29-27(34)20-14-16-30(17-15-20)18-25(32)28-22-11-5-4-10-21(22)26(33)19-8-2-1-3-9-19/h1-13,20,31H,14-18H2,(H,28,32)(H,29,34). The average Bonchev–Trinajstić information content (AvgIpc) is 2.86. The Morgan fingerprint density at radius 1 is 0.794 bits per heavy atom. The first-order chi connectivity index (χ1) is 16.5. The molecule has 0 unspecified atom stereocenters. The normalized spacial score (nSPS) is 14.4. The number of carbonyl (C=O) groups is 3. The molecule has 1 aliphatic rings. The molecule has 0 aromatic heterocycles. The summed E-state index contributed by atoms with van der Waals surface area (Å²) in [6.45, 7) is 1.40. The van der Waals surface area contributed by atoms with E-state index < -0.39 is 0 Å². The van der Waals surface area contributed by atoms with Gasteiger partial charge >= 0.3 is 0 Å². The van der Waals surface area contributed by atoms with Crippen LogP contribution in [0.5, 0.6) is 5.75 Å². The fraction of sp³-hybridized carbons (Fsp3) is 0.222. The van der Waals surface area contributed by atoms with Crippen LogP contribution in [-0.4, -0.2) is 47.2 Å². The van der Waals surface area contributed by atoms with E-state index in [1.165, 1.54) is 6.07 Å². The average molecular weight is 458 g/mol. The number of anilines is 2. The minimum Gasteiger partial charge on any atom is -0.506 e. The summed E-state index contributed by atoms with van der Waals surface area (Å²) in [5.74, 6) is -0.615. The number of likely N-dealkylation sites (tertiary alicyclic amines) is 1. The van der Waals surface area contributed by atoms with Gasteiger partial charge < -0.3 is 15.7 Å². The highest BCUT2D eigenvalue weighted by Crippen LogP contribution is 2.25. The van der Waals surface area contributed by atoms with Gasteiger partial charge in [-0.1, -0.05) is 54.6 Å². The maximum Gasteiger partial charge on any atom is 0.238 e. The Kier molecular flexibility index (Phi) is 7.34. The molecule has 7 heteroatoms. The highest BCUT2D eigenvalue weighted by Gasteiger charge is 2.26. The van der Waals surface area contributed by atoms with Gasteiger partial charge in [-0.2, -0.15) is 0 Å². The lowest BCUT2D eigenvalue weighted by atomic mass is 9.95. The fourth-order valence-corrected chi connectivity index (χ4v) is 4.10. The molecule has 0 aliphatic carbocycles. The van der Waals surface area contributed by atoms with Crippen molar-refractivity contribution in [2.24, 2.45) is 5.92 Å². The predicted molar refractivity (Wildman–Crippen MR) is 131 cm³/mol. The van der Waals surface area contributed by atoms with Crippen LogP contribution in [-0.2, 0) is 9.59 Å². The monoisotopic (exact) mass is 457 g/mol. The molecule has 7 nitrogen and oxygen atoms in total. The number of hydrogen-bond donors (Lipinski definition) is 3. The van der Waals surface area contributed by atoms with Crippen molar-refractivity contribution in [2.75, 3.05) is 30.3 Å². The molecular weight excluding hydrogens is 430 g/mol. The van der Waals surface area contributed by atoms with Gasteiger partial charge in [0.1, 0.15) is 5.75 Å². The molecule has 1 fully saturated rings. The Bertz CT molecular complexity index is 1170. The van der Waals surface area contributed by atoms with Crippen LogP contribution in [0.3, 0.4) is 0 Å². The molecule has 0 spiro atoms. The highest BCUT2D eigenvalue weighted by atomic mass is 16.3. The van der Waals surface area contributed by atoms with E-state index in [-0.39, 0.29) is 35.8 Å². The fourth-order valence-electron chi connectivity index (χ4n) is 4.10. The van der Waals surface area contributed by atoms with Crippen LogP contribution in [0, 0.1) is 5.92 Å². The zero-order chi connectivity index (χ0) is 23.9. The van der Waals surface area contributed by atoms with Crippen molar-refractivity contribution in [2.45, 2.75) is 12.8 Å². The number of phenolic OH excluding ortho intramolecular Hbond substituents is 1.